The number of benzene rings is 2. The van der Waals surface area contributed by atoms with Crippen LogP contribution < -0.4 is 10.1 Å². The molecule has 0 aliphatic rings. The van der Waals surface area contributed by atoms with Gasteiger partial charge in [-0.1, -0.05) is 28.1 Å². The number of hydrogen-bond donors (Lipinski definition) is 2. The highest BCUT2D eigenvalue weighted by atomic mass is 79.9. The van der Waals surface area contributed by atoms with Gasteiger partial charge in [0.1, 0.15) is 11.5 Å². The summed E-state index contributed by atoms with van der Waals surface area (Å²) >= 11 is 3.46. The molecule has 2 N–H and O–H groups in total. The second kappa shape index (κ2) is 6.18. The first-order valence-electron chi connectivity index (χ1n) is 6.37. The molecule has 0 aromatic heterocycles. The van der Waals surface area contributed by atoms with Crippen LogP contribution in [-0.4, -0.2) is 12.2 Å². The van der Waals surface area contributed by atoms with Crippen molar-refractivity contribution >= 4 is 21.6 Å². The number of hydrogen-bond acceptors (Lipinski definition) is 3. The zero-order valence-electron chi connectivity index (χ0n) is 11.8. The topological polar surface area (TPSA) is 41.5 Å². The summed E-state index contributed by atoms with van der Waals surface area (Å²) in [5.41, 5.74) is 3.92. The van der Waals surface area contributed by atoms with E-state index in [2.05, 4.69) is 21.2 Å². The summed E-state index contributed by atoms with van der Waals surface area (Å²) < 4.78 is 6.21. The van der Waals surface area contributed by atoms with Crippen LogP contribution in [0.2, 0.25) is 0 Å². The number of phenols is 1. The molecular formula is C16H18BrNO2. The predicted molar refractivity (Wildman–Crippen MR) is 85.6 cm³/mol. The average molecular weight is 336 g/mol. The fourth-order valence-electron chi connectivity index (χ4n) is 2.13. The highest BCUT2D eigenvalue weighted by Gasteiger charge is 2.04. The quantitative estimate of drug-likeness (QED) is 0.870. The Hall–Kier alpha value is -1.68. The minimum atomic E-state index is 0.373. The normalized spacial score (nSPS) is 10.4. The van der Waals surface area contributed by atoms with Gasteiger partial charge in [-0.2, -0.15) is 0 Å². The number of ether oxygens (including phenoxy) is 1. The maximum absolute atomic E-state index is 9.78. The third-order valence-electron chi connectivity index (χ3n) is 3.15. The molecule has 0 saturated heterocycles. The minimum absolute atomic E-state index is 0.373. The molecule has 0 unspecified atom stereocenters. The first-order valence-corrected chi connectivity index (χ1v) is 7.16. The zero-order chi connectivity index (χ0) is 14.7. The molecule has 106 valence electrons. The van der Waals surface area contributed by atoms with Crippen LogP contribution >= 0.6 is 15.9 Å². The number of phenolic OH excluding ortho intramolecular Hbond substituents is 1. The van der Waals surface area contributed by atoms with Crippen LogP contribution in [0.3, 0.4) is 0 Å². The summed E-state index contributed by atoms with van der Waals surface area (Å²) in [7, 11) is 1.65. The van der Waals surface area contributed by atoms with Crippen LogP contribution in [-0.2, 0) is 6.54 Å². The molecular weight excluding hydrogens is 318 g/mol. The number of methoxy groups -OCH3 is 1. The Kier molecular flexibility index (Phi) is 4.55. The maximum atomic E-state index is 9.78. The zero-order valence-corrected chi connectivity index (χ0v) is 13.4. The minimum Gasteiger partial charge on any atom is -0.507 e. The monoisotopic (exact) mass is 335 g/mol. The summed E-state index contributed by atoms with van der Waals surface area (Å²) in [4.78, 5) is 0. The predicted octanol–water partition coefficient (Wildman–Crippen LogP) is 4.39. The lowest BCUT2D eigenvalue weighted by molar-refractivity contribution is 0.414. The van der Waals surface area contributed by atoms with Crippen molar-refractivity contribution in [2.24, 2.45) is 0 Å². The molecule has 0 atom stereocenters. The molecule has 0 bridgehead atoms. The van der Waals surface area contributed by atoms with Gasteiger partial charge in [0.2, 0.25) is 0 Å². The van der Waals surface area contributed by atoms with E-state index in [4.69, 9.17) is 4.74 Å². The van der Waals surface area contributed by atoms with Crippen molar-refractivity contribution in [2.75, 3.05) is 12.4 Å². The van der Waals surface area contributed by atoms with Crippen molar-refractivity contribution in [1.82, 2.24) is 0 Å². The van der Waals surface area contributed by atoms with E-state index in [1.807, 2.05) is 44.2 Å². The number of halogens is 1. The second-order valence-electron chi connectivity index (χ2n) is 4.81. The molecule has 2 aromatic rings. The molecule has 0 aliphatic carbocycles. The van der Waals surface area contributed by atoms with Gasteiger partial charge in [0.15, 0.2) is 0 Å². The molecule has 0 heterocycles. The van der Waals surface area contributed by atoms with Crippen molar-refractivity contribution in [3.63, 3.8) is 0 Å². The third kappa shape index (κ3) is 3.45. The molecule has 2 rings (SSSR count). The smallest absolute Gasteiger partial charge is 0.122 e. The van der Waals surface area contributed by atoms with Gasteiger partial charge < -0.3 is 15.2 Å². The van der Waals surface area contributed by atoms with Gasteiger partial charge in [-0.25, -0.2) is 0 Å². The van der Waals surface area contributed by atoms with Crippen LogP contribution in [0, 0.1) is 13.8 Å². The van der Waals surface area contributed by atoms with Crippen molar-refractivity contribution < 1.29 is 9.84 Å². The van der Waals surface area contributed by atoms with Crippen LogP contribution in [0.5, 0.6) is 11.5 Å². The number of aromatic hydroxyl groups is 1. The molecule has 3 nitrogen and oxygen atoms in total. The van der Waals surface area contributed by atoms with E-state index in [9.17, 15) is 5.11 Å². The van der Waals surface area contributed by atoms with Crippen molar-refractivity contribution in [3.05, 3.63) is 51.5 Å². The Labute approximate surface area is 127 Å². The number of rotatable bonds is 4. The first-order chi connectivity index (χ1) is 9.49. The molecule has 0 spiro atoms. The van der Waals surface area contributed by atoms with Gasteiger partial charge in [0.05, 0.1) is 7.11 Å². The van der Waals surface area contributed by atoms with Crippen molar-refractivity contribution in [2.45, 2.75) is 20.4 Å². The van der Waals surface area contributed by atoms with Crippen LogP contribution in [0.4, 0.5) is 5.69 Å². The Morgan fingerprint density at radius 3 is 2.35 bits per heavy atom. The second-order valence-corrected chi connectivity index (χ2v) is 5.73. The van der Waals surface area contributed by atoms with Gasteiger partial charge in [-0.05, 0) is 42.7 Å². The van der Waals surface area contributed by atoms with Crippen LogP contribution in [0.1, 0.15) is 16.7 Å². The van der Waals surface area contributed by atoms with E-state index in [0.29, 0.717) is 12.3 Å². The highest BCUT2D eigenvalue weighted by molar-refractivity contribution is 9.10. The SMILES string of the molecule is COc1cc(Br)cc(NCc2cc(C)c(O)c(C)c2)c1. The molecule has 20 heavy (non-hydrogen) atoms. The molecule has 0 amide bonds. The number of nitrogens with one attached hydrogen (secondary N) is 1. The lowest BCUT2D eigenvalue weighted by atomic mass is 10.1. The van der Waals surface area contributed by atoms with E-state index in [0.717, 1.165) is 32.6 Å². The maximum Gasteiger partial charge on any atom is 0.122 e. The average Bonchev–Trinajstić information content (AvgIpc) is 2.41. The summed E-state index contributed by atoms with van der Waals surface area (Å²) in [5.74, 6) is 1.18. The lowest BCUT2D eigenvalue weighted by Crippen LogP contribution is -2.01. The molecule has 0 radical (unpaired) electrons. The van der Waals surface area contributed by atoms with Crippen LogP contribution in [0.15, 0.2) is 34.8 Å². The van der Waals surface area contributed by atoms with Gasteiger partial charge in [-0.3, -0.25) is 0 Å². The van der Waals surface area contributed by atoms with Gasteiger partial charge in [-0.15, -0.1) is 0 Å². The fourth-order valence-corrected chi connectivity index (χ4v) is 2.61. The summed E-state index contributed by atoms with van der Waals surface area (Å²) in [6.45, 7) is 4.52. The van der Waals surface area contributed by atoms with E-state index in [1.54, 1.807) is 7.11 Å². The highest BCUT2D eigenvalue weighted by Crippen LogP contribution is 2.26. The Bertz CT molecular complexity index is 603. The molecule has 0 saturated carbocycles. The third-order valence-corrected chi connectivity index (χ3v) is 3.61. The van der Waals surface area contributed by atoms with E-state index in [-0.39, 0.29) is 0 Å². The molecule has 4 heteroatoms. The van der Waals surface area contributed by atoms with Crippen LogP contribution in [0.25, 0.3) is 0 Å². The van der Waals surface area contributed by atoms with E-state index >= 15 is 0 Å². The Balaban J connectivity index is 2.14. The van der Waals surface area contributed by atoms with Crippen molar-refractivity contribution in [1.29, 1.82) is 0 Å². The summed E-state index contributed by atoms with van der Waals surface area (Å²) in [6.07, 6.45) is 0. The largest absolute Gasteiger partial charge is 0.507 e. The Morgan fingerprint density at radius 2 is 1.75 bits per heavy atom. The van der Waals surface area contributed by atoms with Gasteiger partial charge in [0, 0.05) is 22.8 Å². The Morgan fingerprint density at radius 1 is 1.10 bits per heavy atom. The molecule has 0 fully saturated rings. The number of anilines is 1. The fraction of sp³-hybridized carbons (Fsp3) is 0.250. The number of aryl methyl sites for hydroxylation is 2. The van der Waals surface area contributed by atoms with E-state index < -0.39 is 0 Å². The molecule has 2 aromatic carbocycles. The first kappa shape index (κ1) is 14.7. The molecule has 0 aliphatic heterocycles. The van der Waals surface area contributed by atoms with Gasteiger partial charge in [0.25, 0.3) is 0 Å². The standard InChI is InChI=1S/C16H18BrNO2/c1-10-4-12(5-11(2)16(10)19)9-18-14-6-13(17)7-15(8-14)20-3/h4-8,18-19H,9H2,1-3H3. The van der Waals surface area contributed by atoms with E-state index in [1.165, 1.54) is 0 Å². The van der Waals surface area contributed by atoms with Gasteiger partial charge >= 0.3 is 0 Å². The van der Waals surface area contributed by atoms with Crippen molar-refractivity contribution in [3.8, 4) is 11.5 Å². The summed E-state index contributed by atoms with van der Waals surface area (Å²) in [5, 5.41) is 13.1. The summed E-state index contributed by atoms with van der Waals surface area (Å²) in [6, 6.07) is 9.85. The lowest BCUT2D eigenvalue weighted by Gasteiger charge is -2.11.